The fourth-order valence-electron chi connectivity index (χ4n) is 2.56. The third-order valence-electron chi connectivity index (χ3n) is 3.93. The predicted molar refractivity (Wildman–Crippen MR) is 83.9 cm³/mol. The third kappa shape index (κ3) is 3.41. The number of hydrogen-bond acceptors (Lipinski definition) is 1. The zero-order valence-electron chi connectivity index (χ0n) is 12.4. The van der Waals surface area contributed by atoms with Gasteiger partial charge in [0, 0.05) is 29.2 Å². The lowest BCUT2D eigenvalue weighted by atomic mass is 9.99. The normalized spacial score (nSPS) is 12.5. The van der Waals surface area contributed by atoms with E-state index < -0.39 is 0 Å². The summed E-state index contributed by atoms with van der Waals surface area (Å²) in [7, 11) is 0. The highest BCUT2D eigenvalue weighted by atomic mass is 16.1. The number of carbonyl (C=O) groups excluding carboxylic acids is 1. The van der Waals surface area contributed by atoms with Crippen molar-refractivity contribution in [2.45, 2.75) is 39.5 Å². The van der Waals surface area contributed by atoms with E-state index in [2.05, 4.69) is 24.1 Å². The van der Waals surface area contributed by atoms with E-state index in [1.807, 2.05) is 30.5 Å². The van der Waals surface area contributed by atoms with Crippen LogP contribution >= 0.6 is 0 Å². The number of unbranched alkanes of at least 4 members (excludes halogenated alkanes) is 1. The molecular formula is C17H24N2O. The van der Waals surface area contributed by atoms with E-state index in [4.69, 9.17) is 0 Å². The van der Waals surface area contributed by atoms with Crippen molar-refractivity contribution < 1.29 is 4.79 Å². The summed E-state index contributed by atoms with van der Waals surface area (Å²) < 4.78 is 0. The molecule has 20 heavy (non-hydrogen) atoms. The summed E-state index contributed by atoms with van der Waals surface area (Å²) in [6.07, 6.45) is 6.64. The van der Waals surface area contributed by atoms with Crippen LogP contribution in [0.4, 0.5) is 0 Å². The van der Waals surface area contributed by atoms with Crippen LogP contribution < -0.4 is 5.32 Å². The maximum atomic E-state index is 12.3. The number of amides is 1. The smallest absolute Gasteiger partial charge is 0.251 e. The fraction of sp³-hybridized carbons (Fsp3) is 0.471. The van der Waals surface area contributed by atoms with Gasteiger partial charge in [-0.05, 0) is 30.5 Å². The fourth-order valence-corrected chi connectivity index (χ4v) is 2.56. The molecule has 1 atom stereocenters. The summed E-state index contributed by atoms with van der Waals surface area (Å²) >= 11 is 0. The lowest BCUT2D eigenvalue weighted by Crippen LogP contribution is -2.29. The van der Waals surface area contributed by atoms with Crippen LogP contribution in [0.15, 0.2) is 30.5 Å². The van der Waals surface area contributed by atoms with Gasteiger partial charge in [0.25, 0.3) is 5.91 Å². The zero-order valence-corrected chi connectivity index (χ0v) is 12.4. The molecule has 1 amide bonds. The molecule has 0 saturated carbocycles. The molecule has 0 radical (unpaired) electrons. The van der Waals surface area contributed by atoms with Crippen LogP contribution in [-0.4, -0.2) is 17.4 Å². The van der Waals surface area contributed by atoms with Gasteiger partial charge >= 0.3 is 0 Å². The molecule has 3 heteroatoms. The van der Waals surface area contributed by atoms with E-state index in [1.165, 1.54) is 19.3 Å². The second-order valence-electron chi connectivity index (χ2n) is 5.37. The lowest BCUT2D eigenvalue weighted by molar-refractivity contribution is 0.0947. The van der Waals surface area contributed by atoms with Gasteiger partial charge < -0.3 is 10.3 Å². The first-order valence-electron chi connectivity index (χ1n) is 7.60. The van der Waals surface area contributed by atoms with Gasteiger partial charge in [-0.25, -0.2) is 0 Å². The van der Waals surface area contributed by atoms with E-state index in [-0.39, 0.29) is 5.91 Å². The minimum atomic E-state index is 0.0325. The zero-order chi connectivity index (χ0) is 14.4. The Kier molecular flexibility index (Phi) is 5.22. The monoisotopic (exact) mass is 272 g/mol. The maximum absolute atomic E-state index is 12.3. The van der Waals surface area contributed by atoms with Crippen LogP contribution in [0.3, 0.4) is 0 Å². The van der Waals surface area contributed by atoms with Crippen molar-refractivity contribution in [2.24, 2.45) is 5.92 Å². The van der Waals surface area contributed by atoms with Crippen molar-refractivity contribution in [1.82, 2.24) is 10.3 Å². The van der Waals surface area contributed by atoms with Crippen molar-refractivity contribution in [3.05, 3.63) is 36.0 Å². The average molecular weight is 272 g/mol. The number of hydrogen-bond donors (Lipinski definition) is 2. The van der Waals surface area contributed by atoms with Gasteiger partial charge in [0.1, 0.15) is 0 Å². The Hall–Kier alpha value is -1.77. The molecule has 2 aromatic rings. The Balaban J connectivity index is 1.99. The van der Waals surface area contributed by atoms with E-state index in [1.54, 1.807) is 0 Å². The number of rotatable bonds is 7. The largest absolute Gasteiger partial charge is 0.361 e. The third-order valence-corrected chi connectivity index (χ3v) is 3.93. The highest BCUT2D eigenvalue weighted by molar-refractivity contribution is 6.06. The number of carbonyl (C=O) groups is 1. The molecule has 108 valence electrons. The Bertz CT molecular complexity index is 559. The number of aromatic amines is 1. The van der Waals surface area contributed by atoms with Crippen molar-refractivity contribution in [3.8, 4) is 0 Å². The molecule has 1 aromatic heterocycles. The number of nitrogens with one attached hydrogen (secondary N) is 2. The second-order valence-corrected chi connectivity index (χ2v) is 5.37. The summed E-state index contributed by atoms with van der Waals surface area (Å²) in [5.41, 5.74) is 1.77. The van der Waals surface area contributed by atoms with Gasteiger partial charge in [-0.3, -0.25) is 4.79 Å². The number of aromatic nitrogens is 1. The molecule has 2 N–H and O–H groups in total. The molecule has 0 aliphatic carbocycles. The average Bonchev–Trinajstić information content (AvgIpc) is 2.95. The number of benzene rings is 1. The van der Waals surface area contributed by atoms with Gasteiger partial charge in [0.05, 0.1) is 0 Å². The van der Waals surface area contributed by atoms with E-state index in [0.29, 0.717) is 5.92 Å². The molecule has 0 fully saturated rings. The van der Waals surface area contributed by atoms with Gasteiger partial charge in [0.15, 0.2) is 0 Å². The Labute approximate surface area is 120 Å². The number of H-pyrrole nitrogens is 1. The van der Waals surface area contributed by atoms with Crippen molar-refractivity contribution in [3.63, 3.8) is 0 Å². The minimum Gasteiger partial charge on any atom is -0.361 e. The van der Waals surface area contributed by atoms with Gasteiger partial charge in [-0.1, -0.05) is 39.2 Å². The highest BCUT2D eigenvalue weighted by Gasteiger charge is 2.12. The van der Waals surface area contributed by atoms with E-state index in [9.17, 15) is 4.79 Å². The lowest BCUT2D eigenvalue weighted by Gasteiger charge is -2.15. The Morgan fingerprint density at radius 2 is 2.15 bits per heavy atom. The van der Waals surface area contributed by atoms with Crippen LogP contribution in [0.2, 0.25) is 0 Å². The SMILES string of the molecule is CCCCC(CC)CNC(=O)c1cccc2[nH]ccc12. The van der Waals surface area contributed by atoms with Crippen LogP contribution in [0.25, 0.3) is 10.9 Å². The molecule has 1 aromatic carbocycles. The van der Waals surface area contributed by atoms with Crippen LogP contribution in [-0.2, 0) is 0 Å². The van der Waals surface area contributed by atoms with Gasteiger partial charge in [-0.2, -0.15) is 0 Å². The quantitative estimate of drug-likeness (QED) is 0.782. The molecule has 2 rings (SSSR count). The van der Waals surface area contributed by atoms with Gasteiger partial charge in [-0.15, -0.1) is 0 Å². The molecule has 1 heterocycles. The van der Waals surface area contributed by atoms with E-state index in [0.717, 1.165) is 29.4 Å². The highest BCUT2D eigenvalue weighted by Crippen LogP contribution is 2.17. The van der Waals surface area contributed by atoms with Crippen molar-refractivity contribution in [1.29, 1.82) is 0 Å². The molecule has 1 unspecified atom stereocenters. The first kappa shape index (κ1) is 14.6. The summed E-state index contributed by atoms with van der Waals surface area (Å²) in [6.45, 7) is 5.17. The molecular weight excluding hydrogens is 248 g/mol. The summed E-state index contributed by atoms with van der Waals surface area (Å²) in [5.74, 6) is 0.620. The molecule has 0 saturated heterocycles. The standard InChI is InChI=1S/C17H24N2O/c1-3-5-7-13(4-2)12-19-17(20)15-8-6-9-16-14(15)10-11-18-16/h6,8-11,13,18H,3-5,7,12H2,1-2H3,(H,19,20). The first-order valence-corrected chi connectivity index (χ1v) is 7.60. The predicted octanol–water partition coefficient (Wildman–Crippen LogP) is 4.11. The Morgan fingerprint density at radius 1 is 1.30 bits per heavy atom. The van der Waals surface area contributed by atoms with Gasteiger partial charge in [0.2, 0.25) is 0 Å². The van der Waals surface area contributed by atoms with Crippen LogP contribution in [0.1, 0.15) is 49.9 Å². The molecule has 0 bridgehead atoms. The number of fused-ring (bicyclic) bond motifs is 1. The summed E-state index contributed by atoms with van der Waals surface area (Å²) in [6, 6.07) is 7.75. The topological polar surface area (TPSA) is 44.9 Å². The molecule has 0 aliphatic rings. The molecule has 0 spiro atoms. The van der Waals surface area contributed by atoms with E-state index >= 15 is 0 Å². The molecule has 3 nitrogen and oxygen atoms in total. The summed E-state index contributed by atoms with van der Waals surface area (Å²) in [5, 5.41) is 4.08. The van der Waals surface area contributed by atoms with Crippen LogP contribution in [0, 0.1) is 5.92 Å². The minimum absolute atomic E-state index is 0.0325. The van der Waals surface area contributed by atoms with Crippen molar-refractivity contribution in [2.75, 3.05) is 6.54 Å². The second kappa shape index (κ2) is 7.13. The van der Waals surface area contributed by atoms with Crippen molar-refractivity contribution >= 4 is 16.8 Å². The maximum Gasteiger partial charge on any atom is 0.251 e. The van der Waals surface area contributed by atoms with Crippen LogP contribution in [0.5, 0.6) is 0 Å². The Morgan fingerprint density at radius 3 is 2.90 bits per heavy atom. The molecule has 0 aliphatic heterocycles. The summed E-state index contributed by atoms with van der Waals surface area (Å²) in [4.78, 5) is 15.5. The first-order chi connectivity index (χ1) is 9.76.